The number of ether oxygens (including phenoxy) is 2. The summed E-state index contributed by atoms with van der Waals surface area (Å²) >= 11 is 0. The van der Waals surface area contributed by atoms with Crippen LogP contribution < -0.4 is 20.1 Å². The monoisotopic (exact) mass is 375 g/mol. The van der Waals surface area contributed by atoms with E-state index in [1.165, 1.54) is 6.20 Å². The Kier molecular flexibility index (Phi) is 4.15. The van der Waals surface area contributed by atoms with Crippen LogP contribution in [0.5, 0.6) is 11.5 Å². The first kappa shape index (κ1) is 16.6. The van der Waals surface area contributed by atoms with Gasteiger partial charge in [0.05, 0.1) is 17.1 Å². The highest BCUT2D eigenvalue weighted by Crippen LogP contribution is 2.34. The van der Waals surface area contributed by atoms with Gasteiger partial charge in [0, 0.05) is 24.0 Å². The largest absolute Gasteiger partial charge is 0.454 e. The van der Waals surface area contributed by atoms with E-state index in [9.17, 15) is 13.2 Å². The van der Waals surface area contributed by atoms with Crippen LogP contribution in [-0.2, 0) is 9.84 Å². The number of fused-ring (bicyclic) bond motifs is 1. The topological polar surface area (TPSA) is 107 Å². The molecule has 2 aliphatic heterocycles. The molecule has 2 aromatic rings. The van der Waals surface area contributed by atoms with E-state index < -0.39 is 9.84 Å². The van der Waals surface area contributed by atoms with Gasteiger partial charge in [-0.25, -0.2) is 13.4 Å². The van der Waals surface area contributed by atoms with Crippen molar-refractivity contribution in [3.63, 3.8) is 0 Å². The van der Waals surface area contributed by atoms with Gasteiger partial charge < -0.3 is 20.1 Å². The first-order valence-corrected chi connectivity index (χ1v) is 9.95. The van der Waals surface area contributed by atoms with Crippen molar-refractivity contribution in [3.8, 4) is 11.5 Å². The van der Waals surface area contributed by atoms with Crippen molar-refractivity contribution >= 4 is 27.2 Å². The van der Waals surface area contributed by atoms with Gasteiger partial charge in [-0.15, -0.1) is 0 Å². The van der Waals surface area contributed by atoms with Crippen LogP contribution in [0.1, 0.15) is 16.8 Å². The Morgan fingerprint density at radius 1 is 1.15 bits per heavy atom. The zero-order valence-electron chi connectivity index (χ0n) is 13.8. The molecule has 0 bridgehead atoms. The van der Waals surface area contributed by atoms with Crippen molar-refractivity contribution in [2.45, 2.75) is 12.5 Å². The molecule has 1 amide bonds. The van der Waals surface area contributed by atoms with Gasteiger partial charge in [-0.2, -0.15) is 0 Å². The summed E-state index contributed by atoms with van der Waals surface area (Å²) in [4.78, 5) is 16.4. The molecule has 1 unspecified atom stereocenters. The Morgan fingerprint density at radius 2 is 2.00 bits per heavy atom. The third-order valence-corrected chi connectivity index (χ3v) is 6.01. The molecule has 4 rings (SSSR count). The molecular formula is C17H17N3O5S. The molecule has 8 nitrogen and oxygen atoms in total. The van der Waals surface area contributed by atoms with E-state index >= 15 is 0 Å². The van der Waals surface area contributed by atoms with Crippen molar-refractivity contribution in [2.75, 3.05) is 23.6 Å². The third-order valence-electron chi connectivity index (χ3n) is 4.24. The fourth-order valence-electron chi connectivity index (χ4n) is 2.90. The molecule has 3 heterocycles. The molecule has 1 atom stereocenters. The van der Waals surface area contributed by atoms with Crippen molar-refractivity contribution in [1.82, 2.24) is 10.3 Å². The second-order valence-electron chi connectivity index (χ2n) is 6.20. The van der Waals surface area contributed by atoms with Crippen LogP contribution >= 0.6 is 0 Å². The molecular weight excluding hydrogens is 358 g/mol. The summed E-state index contributed by atoms with van der Waals surface area (Å²) in [6.45, 7) is 0.211. The molecule has 2 aliphatic rings. The van der Waals surface area contributed by atoms with Crippen LogP contribution in [0.3, 0.4) is 0 Å². The molecule has 0 radical (unpaired) electrons. The van der Waals surface area contributed by atoms with Crippen LogP contribution in [0, 0.1) is 0 Å². The van der Waals surface area contributed by atoms with Crippen molar-refractivity contribution in [3.05, 3.63) is 42.1 Å². The fraction of sp³-hybridized carbons (Fsp3) is 0.294. The van der Waals surface area contributed by atoms with Gasteiger partial charge in [0.25, 0.3) is 5.91 Å². The van der Waals surface area contributed by atoms with Gasteiger partial charge >= 0.3 is 0 Å². The molecule has 1 fully saturated rings. The summed E-state index contributed by atoms with van der Waals surface area (Å²) in [6, 6.07) is 8.45. The Morgan fingerprint density at radius 3 is 2.73 bits per heavy atom. The highest BCUT2D eigenvalue weighted by atomic mass is 32.2. The van der Waals surface area contributed by atoms with Gasteiger partial charge in [-0.3, -0.25) is 4.79 Å². The Bertz CT molecular complexity index is 943. The highest BCUT2D eigenvalue weighted by Gasteiger charge is 2.29. The maximum atomic E-state index is 12.2. The lowest BCUT2D eigenvalue weighted by Crippen LogP contribution is -2.35. The molecule has 0 saturated carbocycles. The van der Waals surface area contributed by atoms with Gasteiger partial charge in [-0.1, -0.05) is 0 Å². The number of anilines is 2. The van der Waals surface area contributed by atoms with E-state index in [2.05, 4.69) is 15.6 Å². The molecule has 1 aromatic heterocycles. The van der Waals surface area contributed by atoms with Crippen LogP contribution in [-0.4, -0.2) is 43.6 Å². The van der Waals surface area contributed by atoms with Crippen molar-refractivity contribution in [1.29, 1.82) is 0 Å². The SMILES string of the molecule is O=C(NC1CCS(=O)(=O)C1)c1ccc(Nc2ccc3c(c2)OCO3)nc1. The number of carbonyl (C=O) groups excluding carboxylic acids is 1. The minimum atomic E-state index is -3.03. The molecule has 2 N–H and O–H groups in total. The summed E-state index contributed by atoms with van der Waals surface area (Å²) in [5.74, 6) is 1.73. The van der Waals surface area contributed by atoms with Gasteiger partial charge in [-0.05, 0) is 30.7 Å². The maximum Gasteiger partial charge on any atom is 0.253 e. The van der Waals surface area contributed by atoms with Gasteiger partial charge in [0.2, 0.25) is 6.79 Å². The number of sulfone groups is 1. The fourth-order valence-corrected chi connectivity index (χ4v) is 4.58. The van der Waals surface area contributed by atoms with E-state index in [0.717, 1.165) is 5.69 Å². The molecule has 9 heteroatoms. The number of nitrogens with one attached hydrogen (secondary N) is 2. The van der Waals surface area contributed by atoms with Gasteiger partial charge in [0.15, 0.2) is 21.3 Å². The third kappa shape index (κ3) is 3.57. The van der Waals surface area contributed by atoms with E-state index in [-0.39, 0.29) is 30.2 Å². The Labute approximate surface area is 150 Å². The normalized spacial score (nSPS) is 19.9. The summed E-state index contributed by atoms with van der Waals surface area (Å²) in [7, 11) is -3.03. The maximum absolute atomic E-state index is 12.2. The average Bonchev–Trinajstić information content (AvgIpc) is 3.21. The number of hydrogen-bond acceptors (Lipinski definition) is 7. The minimum absolute atomic E-state index is 0.00405. The zero-order valence-corrected chi connectivity index (χ0v) is 14.6. The number of rotatable bonds is 4. The van der Waals surface area contributed by atoms with Crippen LogP contribution in [0.25, 0.3) is 0 Å². The van der Waals surface area contributed by atoms with Crippen LogP contribution in [0.15, 0.2) is 36.5 Å². The summed E-state index contributed by atoms with van der Waals surface area (Å²) in [6.07, 6.45) is 1.90. The number of hydrogen-bond donors (Lipinski definition) is 2. The molecule has 1 saturated heterocycles. The van der Waals surface area contributed by atoms with Gasteiger partial charge in [0.1, 0.15) is 5.82 Å². The average molecular weight is 375 g/mol. The molecule has 136 valence electrons. The summed E-state index contributed by atoms with van der Waals surface area (Å²) in [5, 5.41) is 5.87. The van der Waals surface area contributed by atoms with E-state index in [4.69, 9.17) is 9.47 Å². The lowest BCUT2D eigenvalue weighted by Gasteiger charge is -2.11. The molecule has 0 aliphatic carbocycles. The van der Waals surface area contributed by atoms with E-state index in [1.54, 1.807) is 12.1 Å². The standard InChI is InChI=1S/C17H17N3O5S/c21-17(20-13-5-6-26(22,23)9-13)11-1-4-16(18-8-11)19-12-2-3-14-15(7-12)25-10-24-14/h1-4,7-8,13H,5-6,9-10H2,(H,18,19)(H,20,21). The number of pyridine rings is 1. The van der Waals surface area contributed by atoms with E-state index in [0.29, 0.717) is 29.3 Å². The quantitative estimate of drug-likeness (QED) is 0.833. The number of aromatic nitrogens is 1. The minimum Gasteiger partial charge on any atom is -0.454 e. The van der Waals surface area contributed by atoms with Crippen LogP contribution in [0.2, 0.25) is 0 Å². The van der Waals surface area contributed by atoms with E-state index in [1.807, 2.05) is 18.2 Å². The summed E-state index contributed by atoms with van der Waals surface area (Å²) < 4.78 is 33.5. The number of benzene rings is 1. The number of amides is 1. The molecule has 0 spiro atoms. The predicted octanol–water partition coefficient (Wildman–Crippen LogP) is 1.47. The number of carbonyl (C=O) groups is 1. The predicted molar refractivity (Wildman–Crippen MR) is 94.6 cm³/mol. The smallest absolute Gasteiger partial charge is 0.253 e. The molecule has 1 aromatic carbocycles. The lowest BCUT2D eigenvalue weighted by molar-refractivity contribution is 0.0941. The zero-order chi connectivity index (χ0) is 18.1. The Balaban J connectivity index is 1.39. The Hall–Kier alpha value is -2.81. The van der Waals surface area contributed by atoms with Crippen molar-refractivity contribution in [2.24, 2.45) is 0 Å². The van der Waals surface area contributed by atoms with Crippen LogP contribution in [0.4, 0.5) is 11.5 Å². The second-order valence-corrected chi connectivity index (χ2v) is 8.43. The first-order valence-electron chi connectivity index (χ1n) is 8.12. The first-order chi connectivity index (χ1) is 12.5. The second kappa shape index (κ2) is 6.49. The number of nitrogens with zero attached hydrogens (tertiary/aromatic N) is 1. The lowest BCUT2D eigenvalue weighted by atomic mass is 10.2. The highest BCUT2D eigenvalue weighted by molar-refractivity contribution is 7.91. The van der Waals surface area contributed by atoms with Crippen molar-refractivity contribution < 1.29 is 22.7 Å². The molecule has 26 heavy (non-hydrogen) atoms. The summed E-state index contributed by atoms with van der Waals surface area (Å²) in [5.41, 5.74) is 1.17.